The molecule has 26 heavy (non-hydrogen) atoms. The molecular formula is C19H14N2O5. The minimum Gasteiger partial charge on any atom is -0.497 e. The summed E-state index contributed by atoms with van der Waals surface area (Å²) in [4.78, 5) is 30.2. The van der Waals surface area contributed by atoms with Gasteiger partial charge in [0.25, 0.3) is 5.56 Å². The van der Waals surface area contributed by atoms with Gasteiger partial charge in [-0.25, -0.2) is 0 Å². The largest absolute Gasteiger partial charge is 0.497 e. The Hall–Kier alpha value is -3.61. The Kier molecular flexibility index (Phi) is 3.69. The summed E-state index contributed by atoms with van der Waals surface area (Å²) in [5.74, 6) is 1.18. The van der Waals surface area contributed by atoms with Crippen LogP contribution in [0.2, 0.25) is 0 Å². The van der Waals surface area contributed by atoms with Gasteiger partial charge in [0.2, 0.25) is 11.1 Å². The lowest BCUT2D eigenvalue weighted by molar-refractivity contribution is 0.414. The molecule has 0 atom stereocenters. The molecule has 3 aromatic heterocycles. The zero-order valence-corrected chi connectivity index (χ0v) is 13.9. The molecular weight excluding hydrogens is 336 g/mol. The molecule has 4 rings (SSSR count). The topological polar surface area (TPSA) is 87.5 Å². The summed E-state index contributed by atoms with van der Waals surface area (Å²) in [6, 6.07) is 8.15. The molecule has 0 unspecified atom stereocenters. The van der Waals surface area contributed by atoms with Gasteiger partial charge in [-0.1, -0.05) is 6.08 Å². The van der Waals surface area contributed by atoms with Gasteiger partial charge >= 0.3 is 0 Å². The van der Waals surface area contributed by atoms with Gasteiger partial charge in [-0.2, -0.15) is 4.98 Å². The molecule has 0 aliphatic carbocycles. The zero-order chi connectivity index (χ0) is 18.3. The van der Waals surface area contributed by atoms with Crippen molar-refractivity contribution in [3.05, 3.63) is 69.8 Å². The molecule has 0 bridgehead atoms. The van der Waals surface area contributed by atoms with Gasteiger partial charge in [-0.3, -0.25) is 14.2 Å². The SMILES string of the molecule is C=CCn1c(-c2ccco2)nc2oc3cc(OC)ccc3c(=O)c2c1=O. The molecule has 7 nitrogen and oxygen atoms in total. The average Bonchev–Trinajstić information content (AvgIpc) is 3.18. The fourth-order valence-electron chi connectivity index (χ4n) is 2.84. The number of benzene rings is 1. The third-order valence-corrected chi connectivity index (χ3v) is 4.06. The smallest absolute Gasteiger partial charge is 0.269 e. The fraction of sp³-hybridized carbons (Fsp3) is 0.105. The van der Waals surface area contributed by atoms with Crippen molar-refractivity contribution in [2.75, 3.05) is 7.11 Å². The number of hydrogen-bond acceptors (Lipinski definition) is 6. The summed E-state index contributed by atoms with van der Waals surface area (Å²) in [5.41, 5.74) is -0.703. The van der Waals surface area contributed by atoms with E-state index in [1.807, 2.05) is 0 Å². The van der Waals surface area contributed by atoms with Crippen molar-refractivity contribution in [3.8, 4) is 17.3 Å². The minimum absolute atomic E-state index is 0.0486. The van der Waals surface area contributed by atoms with Crippen LogP contribution in [0.15, 0.2) is 67.7 Å². The first-order valence-electron chi connectivity index (χ1n) is 7.84. The standard InChI is InChI=1S/C19H14N2O5/c1-3-8-21-17(13-5-4-9-25-13)20-18-15(19(21)23)16(22)12-7-6-11(24-2)10-14(12)26-18/h3-7,9-10H,1,8H2,2H3. The molecule has 0 radical (unpaired) electrons. The Morgan fingerprint density at radius 2 is 2.15 bits per heavy atom. The zero-order valence-electron chi connectivity index (χ0n) is 13.9. The molecule has 130 valence electrons. The van der Waals surface area contributed by atoms with Gasteiger partial charge in [0.15, 0.2) is 17.0 Å². The number of methoxy groups -OCH3 is 1. The molecule has 0 N–H and O–H groups in total. The van der Waals surface area contributed by atoms with E-state index in [4.69, 9.17) is 13.6 Å². The summed E-state index contributed by atoms with van der Waals surface area (Å²) < 4.78 is 17.6. The number of ether oxygens (including phenoxy) is 1. The number of rotatable bonds is 4. The predicted molar refractivity (Wildman–Crippen MR) is 96.5 cm³/mol. The predicted octanol–water partition coefficient (Wildman–Crippen LogP) is 2.96. The summed E-state index contributed by atoms with van der Waals surface area (Å²) in [5, 5.41) is 0.174. The van der Waals surface area contributed by atoms with Crippen LogP contribution in [0, 0.1) is 0 Å². The fourth-order valence-corrected chi connectivity index (χ4v) is 2.84. The van der Waals surface area contributed by atoms with E-state index in [1.54, 1.807) is 36.4 Å². The lowest BCUT2D eigenvalue weighted by Crippen LogP contribution is -2.27. The number of hydrogen-bond donors (Lipinski definition) is 0. The molecule has 1 aromatic carbocycles. The summed E-state index contributed by atoms with van der Waals surface area (Å²) in [7, 11) is 1.52. The van der Waals surface area contributed by atoms with Crippen LogP contribution >= 0.6 is 0 Å². The molecule has 0 aliphatic heterocycles. The van der Waals surface area contributed by atoms with E-state index in [0.717, 1.165) is 0 Å². The molecule has 7 heteroatoms. The van der Waals surface area contributed by atoms with Gasteiger partial charge in [-0.05, 0) is 24.3 Å². The molecule has 0 aliphatic rings. The van der Waals surface area contributed by atoms with Crippen molar-refractivity contribution < 1.29 is 13.6 Å². The highest BCUT2D eigenvalue weighted by Gasteiger charge is 2.19. The molecule has 3 heterocycles. The highest BCUT2D eigenvalue weighted by Crippen LogP contribution is 2.23. The van der Waals surface area contributed by atoms with Gasteiger partial charge < -0.3 is 13.6 Å². The maximum absolute atomic E-state index is 13.0. The molecule has 0 saturated carbocycles. The van der Waals surface area contributed by atoms with Crippen LogP contribution in [0.3, 0.4) is 0 Å². The van der Waals surface area contributed by atoms with Gasteiger partial charge in [0, 0.05) is 12.6 Å². The second-order valence-electron chi connectivity index (χ2n) is 5.59. The molecule has 0 fully saturated rings. The normalized spacial score (nSPS) is 11.1. The van der Waals surface area contributed by atoms with Crippen LogP contribution in [-0.4, -0.2) is 16.7 Å². The average molecular weight is 350 g/mol. The number of aromatic nitrogens is 2. The number of allylic oxidation sites excluding steroid dienone is 1. The summed E-state index contributed by atoms with van der Waals surface area (Å²) in [6.07, 6.45) is 3.03. The van der Waals surface area contributed by atoms with Crippen LogP contribution in [0.1, 0.15) is 0 Å². The van der Waals surface area contributed by atoms with E-state index in [0.29, 0.717) is 17.1 Å². The van der Waals surface area contributed by atoms with Gasteiger partial charge in [-0.15, -0.1) is 6.58 Å². The van der Waals surface area contributed by atoms with Crippen LogP contribution in [-0.2, 0) is 6.54 Å². The van der Waals surface area contributed by atoms with Crippen LogP contribution in [0.4, 0.5) is 0 Å². The lowest BCUT2D eigenvalue weighted by atomic mass is 10.2. The van der Waals surface area contributed by atoms with E-state index >= 15 is 0 Å². The maximum atomic E-state index is 13.0. The Labute approximate surface area is 146 Å². The number of furan rings is 1. The summed E-state index contributed by atoms with van der Waals surface area (Å²) >= 11 is 0. The van der Waals surface area contributed by atoms with Crippen molar-refractivity contribution in [3.63, 3.8) is 0 Å². The van der Waals surface area contributed by atoms with Crippen molar-refractivity contribution >= 4 is 22.1 Å². The van der Waals surface area contributed by atoms with E-state index in [9.17, 15) is 9.59 Å². The lowest BCUT2D eigenvalue weighted by Gasteiger charge is -2.10. The first-order chi connectivity index (χ1) is 12.6. The van der Waals surface area contributed by atoms with Gasteiger partial charge in [0.05, 0.1) is 18.8 Å². The Bertz CT molecular complexity index is 1250. The monoisotopic (exact) mass is 350 g/mol. The maximum Gasteiger partial charge on any atom is 0.269 e. The first kappa shape index (κ1) is 15.9. The highest BCUT2D eigenvalue weighted by molar-refractivity contribution is 5.88. The highest BCUT2D eigenvalue weighted by atomic mass is 16.5. The third kappa shape index (κ3) is 2.33. The van der Waals surface area contributed by atoms with Gasteiger partial charge in [0.1, 0.15) is 11.3 Å². The van der Waals surface area contributed by atoms with E-state index in [1.165, 1.54) is 17.9 Å². The van der Waals surface area contributed by atoms with E-state index in [2.05, 4.69) is 11.6 Å². The van der Waals surface area contributed by atoms with Crippen molar-refractivity contribution in [2.24, 2.45) is 0 Å². The van der Waals surface area contributed by atoms with Crippen LogP contribution < -0.4 is 15.7 Å². The Balaban J connectivity index is 2.16. The van der Waals surface area contributed by atoms with Crippen molar-refractivity contribution in [1.82, 2.24) is 9.55 Å². The van der Waals surface area contributed by atoms with Crippen molar-refractivity contribution in [1.29, 1.82) is 0 Å². The molecule has 0 saturated heterocycles. The summed E-state index contributed by atoms with van der Waals surface area (Å²) in [6.45, 7) is 3.84. The van der Waals surface area contributed by atoms with E-state index in [-0.39, 0.29) is 28.9 Å². The second kappa shape index (κ2) is 6.03. The quantitative estimate of drug-likeness (QED) is 0.415. The van der Waals surface area contributed by atoms with Crippen LogP contribution in [0.5, 0.6) is 5.75 Å². The van der Waals surface area contributed by atoms with Crippen molar-refractivity contribution in [2.45, 2.75) is 6.54 Å². The Morgan fingerprint density at radius 3 is 2.85 bits per heavy atom. The first-order valence-corrected chi connectivity index (χ1v) is 7.84. The number of fused-ring (bicyclic) bond motifs is 2. The van der Waals surface area contributed by atoms with Crippen LogP contribution in [0.25, 0.3) is 33.7 Å². The molecule has 4 aromatic rings. The van der Waals surface area contributed by atoms with E-state index < -0.39 is 11.0 Å². The third-order valence-electron chi connectivity index (χ3n) is 4.06. The minimum atomic E-state index is -0.507. The number of nitrogens with zero attached hydrogens (tertiary/aromatic N) is 2. The molecule has 0 spiro atoms. The molecule has 0 amide bonds. The second-order valence-corrected chi connectivity index (χ2v) is 5.59. The Morgan fingerprint density at radius 1 is 1.31 bits per heavy atom.